The molecule has 8 nitrogen and oxygen atoms in total. The van der Waals surface area contributed by atoms with Gasteiger partial charge in [-0.3, -0.25) is 4.79 Å². The Hall–Kier alpha value is -3.50. The van der Waals surface area contributed by atoms with Crippen LogP contribution in [0, 0.1) is 0 Å². The van der Waals surface area contributed by atoms with Crippen LogP contribution < -0.4 is 5.32 Å². The summed E-state index contributed by atoms with van der Waals surface area (Å²) >= 11 is 0. The number of aromatic nitrogens is 4. The molecule has 0 amide bonds. The first-order valence-corrected chi connectivity index (χ1v) is 8.08. The van der Waals surface area contributed by atoms with Gasteiger partial charge in [0.05, 0.1) is 12.0 Å². The average molecular weight is 393 g/mol. The Balaban J connectivity index is 1.47. The lowest BCUT2D eigenvalue weighted by Crippen LogP contribution is -2.12. The number of ether oxygens (including phenoxy) is 1. The van der Waals surface area contributed by atoms with E-state index in [4.69, 9.17) is 9.26 Å². The average Bonchev–Trinajstić information content (AvgIpc) is 3.16. The van der Waals surface area contributed by atoms with E-state index in [9.17, 15) is 18.0 Å². The van der Waals surface area contributed by atoms with Crippen LogP contribution in [0.15, 0.2) is 47.2 Å². The molecule has 0 aliphatic heterocycles. The Kier molecular flexibility index (Phi) is 5.82. The van der Waals surface area contributed by atoms with E-state index >= 15 is 0 Å². The smallest absolute Gasteiger partial charge is 0.416 e. The summed E-state index contributed by atoms with van der Waals surface area (Å²) in [4.78, 5) is 23.6. The fourth-order valence-corrected chi connectivity index (χ4v) is 2.12. The highest BCUT2D eigenvalue weighted by molar-refractivity contribution is 5.69. The number of anilines is 1. The van der Waals surface area contributed by atoms with Crippen LogP contribution in [0.25, 0.3) is 11.4 Å². The van der Waals surface area contributed by atoms with Crippen molar-refractivity contribution >= 4 is 11.9 Å². The monoisotopic (exact) mass is 393 g/mol. The van der Waals surface area contributed by atoms with Crippen molar-refractivity contribution in [2.24, 2.45) is 0 Å². The lowest BCUT2D eigenvalue weighted by atomic mass is 10.1. The molecule has 0 unspecified atom stereocenters. The maximum absolute atomic E-state index is 12.6. The fourth-order valence-electron chi connectivity index (χ4n) is 2.12. The minimum atomic E-state index is -4.42. The number of nitrogens with zero attached hydrogens (tertiary/aromatic N) is 4. The first kappa shape index (κ1) is 19.3. The van der Waals surface area contributed by atoms with Crippen molar-refractivity contribution in [2.75, 3.05) is 11.9 Å². The molecule has 146 valence electrons. The van der Waals surface area contributed by atoms with E-state index in [1.165, 1.54) is 12.1 Å². The zero-order valence-electron chi connectivity index (χ0n) is 14.3. The molecular formula is C17H14F3N5O3. The summed E-state index contributed by atoms with van der Waals surface area (Å²) in [5, 5.41) is 6.53. The molecule has 0 atom stereocenters. The number of nitrogens with one attached hydrogen (secondary N) is 1. The Morgan fingerprint density at radius 1 is 1.14 bits per heavy atom. The lowest BCUT2D eigenvalue weighted by Gasteiger charge is -2.05. The van der Waals surface area contributed by atoms with Crippen LogP contribution in [-0.2, 0) is 22.3 Å². The van der Waals surface area contributed by atoms with Crippen molar-refractivity contribution in [3.05, 3.63) is 54.2 Å². The highest BCUT2D eigenvalue weighted by atomic mass is 19.4. The molecular weight excluding hydrogens is 379 g/mol. The molecule has 0 saturated carbocycles. The van der Waals surface area contributed by atoms with Gasteiger partial charge in [0.25, 0.3) is 5.89 Å². The molecule has 1 aromatic carbocycles. The molecule has 3 aromatic rings. The number of esters is 1. The van der Waals surface area contributed by atoms with Gasteiger partial charge in [-0.15, -0.1) is 0 Å². The molecule has 2 aromatic heterocycles. The van der Waals surface area contributed by atoms with Crippen LogP contribution in [0.4, 0.5) is 19.1 Å². The molecule has 11 heteroatoms. The van der Waals surface area contributed by atoms with Crippen molar-refractivity contribution in [3.8, 4) is 11.4 Å². The van der Waals surface area contributed by atoms with Crippen LogP contribution >= 0.6 is 0 Å². The number of hydrogen-bond acceptors (Lipinski definition) is 8. The first-order valence-electron chi connectivity index (χ1n) is 8.08. The molecule has 0 spiro atoms. The van der Waals surface area contributed by atoms with Gasteiger partial charge in [0.15, 0.2) is 6.61 Å². The van der Waals surface area contributed by atoms with Crippen molar-refractivity contribution in [1.29, 1.82) is 0 Å². The minimum Gasteiger partial charge on any atom is -0.456 e. The normalized spacial score (nSPS) is 11.2. The van der Waals surface area contributed by atoms with Crippen LogP contribution in [-0.4, -0.2) is 32.6 Å². The second kappa shape index (κ2) is 8.46. The second-order valence-corrected chi connectivity index (χ2v) is 5.50. The number of rotatable bonds is 7. The zero-order valence-corrected chi connectivity index (χ0v) is 14.3. The standard InChI is InChI=1S/C17H14F3N5O3/c18-17(19,20)12-4-2-11(3-5-12)15-24-13(28-25-15)10-27-14(26)6-9-23-16-21-7-1-8-22-16/h1-5,7-8H,6,9-10H2,(H,21,22,23). The zero-order chi connectivity index (χ0) is 20.0. The Labute approximate surface area is 156 Å². The van der Waals surface area contributed by atoms with E-state index in [0.717, 1.165) is 12.1 Å². The van der Waals surface area contributed by atoms with Crippen molar-refractivity contribution < 1.29 is 27.2 Å². The third kappa shape index (κ3) is 5.25. The molecule has 0 radical (unpaired) electrons. The number of carbonyl (C=O) groups excluding carboxylic acids is 1. The van der Waals surface area contributed by atoms with E-state index in [1.54, 1.807) is 18.5 Å². The van der Waals surface area contributed by atoms with Crippen LogP contribution in [0.5, 0.6) is 0 Å². The van der Waals surface area contributed by atoms with E-state index in [-0.39, 0.29) is 31.3 Å². The van der Waals surface area contributed by atoms with Crippen LogP contribution in [0.1, 0.15) is 17.9 Å². The molecule has 28 heavy (non-hydrogen) atoms. The second-order valence-electron chi connectivity index (χ2n) is 5.50. The van der Waals surface area contributed by atoms with Gasteiger partial charge >= 0.3 is 12.1 Å². The molecule has 0 saturated heterocycles. The number of benzene rings is 1. The van der Waals surface area contributed by atoms with Crippen LogP contribution in [0.3, 0.4) is 0 Å². The minimum absolute atomic E-state index is 0.0302. The van der Waals surface area contributed by atoms with Crippen molar-refractivity contribution in [3.63, 3.8) is 0 Å². The number of carbonyl (C=O) groups is 1. The first-order chi connectivity index (χ1) is 13.4. The summed E-state index contributed by atoms with van der Waals surface area (Å²) in [6, 6.07) is 5.99. The molecule has 3 rings (SSSR count). The summed E-state index contributed by atoms with van der Waals surface area (Å²) in [7, 11) is 0. The molecule has 0 bridgehead atoms. The van der Waals surface area contributed by atoms with Gasteiger partial charge in [0.2, 0.25) is 11.8 Å². The third-order valence-corrected chi connectivity index (χ3v) is 3.47. The summed E-state index contributed by atoms with van der Waals surface area (Å²) in [6.07, 6.45) is -1.22. The highest BCUT2D eigenvalue weighted by Gasteiger charge is 2.30. The summed E-state index contributed by atoms with van der Waals surface area (Å²) < 4.78 is 47.7. The number of hydrogen-bond donors (Lipinski definition) is 1. The molecule has 2 heterocycles. The maximum Gasteiger partial charge on any atom is 0.416 e. The SMILES string of the molecule is O=C(CCNc1ncccn1)OCc1nc(-c2ccc(C(F)(F)F)cc2)no1. The summed E-state index contributed by atoms with van der Waals surface area (Å²) in [6.45, 7) is 0.0395. The van der Waals surface area contributed by atoms with Gasteiger partial charge in [0.1, 0.15) is 0 Å². The molecule has 0 aliphatic carbocycles. The van der Waals surface area contributed by atoms with Gasteiger partial charge in [0, 0.05) is 24.5 Å². The van der Waals surface area contributed by atoms with Gasteiger partial charge < -0.3 is 14.6 Å². The lowest BCUT2D eigenvalue weighted by molar-refractivity contribution is -0.145. The van der Waals surface area contributed by atoms with Crippen molar-refractivity contribution in [2.45, 2.75) is 19.2 Å². The van der Waals surface area contributed by atoms with E-state index < -0.39 is 17.7 Å². The maximum atomic E-state index is 12.6. The summed E-state index contributed by atoms with van der Waals surface area (Å²) in [5.41, 5.74) is -0.426. The Bertz CT molecular complexity index is 914. The molecule has 0 fully saturated rings. The third-order valence-electron chi connectivity index (χ3n) is 3.47. The Morgan fingerprint density at radius 2 is 1.86 bits per heavy atom. The van der Waals surface area contributed by atoms with Crippen LogP contribution in [0.2, 0.25) is 0 Å². The Morgan fingerprint density at radius 3 is 2.54 bits per heavy atom. The predicted molar refractivity (Wildman–Crippen MR) is 89.7 cm³/mol. The summed E-state index contributed by atoms with van der Waals surface area (Å²) in [5.74, 6) is 0.0244. The largest absolute Gasteiger partial charge is 0.456 e. The van der Waals surface area contributed by atoms with E-state index in [0.29, 0.717) is 11.5 Å². The molecule has 1 N–H and O–H groups in total. The topological polar surface area (TPSA) is 103 Å². The number of alkyl halides is 3. The van der Waals surface area contributed by atoms with Gasteiger partial charge in [-0.05, 0) is 18.2 Å². The van der Waals surface area contributed by atoms with Crippen molar-refractivity contribution in [1.82, 2.24) is 20.1 Å². The van der Waals surface area contributed by atoms with E-state index in [1.807, 2.05) is 0 Å². The number of halogens is 3. The fraction of sp³-hybridized carbons (Fsp3) is 0.235. The van der Waals surface area contributed by atoms with Gasteiger partial charge in [-0.1, -0.05) is 17.3 Å². The van der Waals surface area contributed by atoms with Gasteiger partial charge in [-0.2, -0.15) is 18.2 Å². The van der Waals surface area contributed by atoms with E-state index in [2.05, 4.69) is 25.4 Å². The molecule has 0 aliphatic rings. The quantitative estimate of drug-likeness (QED) is 0.611. The predicted octanol–water partition coefficient (Wildman–Crippen LogP) is 3.09. The highest BCUT2D eigenvalue weighted by Crippen LogP contribution is 2.30. The van der Waals surface area contributed by atoms with Gasteiger partial charge in [-0.25, -0.2) is 9.97 Å².